The summed E-state index contributed by atoms with van der Waals surface area (Å²) < 4.78 is 6.14. The maximum absolute atomic E-state index is 10.9. The SMILES string of the molecule is O=C(O)c1cc(Cl)c(OCc2ccccc2)c(Br)c1. The summed E-state index contributed by atoms with van der Waals surface area (Å²) in [4.78, 5) is 10.9. The molecule has 1 N–H and O–H groups in total. The Hall–Kier alpha value is -1.52. The quantitative estimate of drug-likeness (QED) is 0.897. The van der Waals surface area contributed by atoms with E-state index in [9.17, 15) is 4.79 Å². The van der Waals surface area contributed by atoms with Crippen LogP contribution in [0.1, 0.15) is 15.9 Å². The molecule has 2 aromatic carbocycles. The van der Waals surface area contributed by atoms with Crippen LogP contribution in [0.25, 0.3) is 0 Å². The van der Waals surface area contributed by atoms with E-state index in [0.29, 0.717) is 16.8 Å². The van der Waals surface area contributed by atoms with Crippen molar-refractivity contribution in [2.45, 2.75) is 6.61 Å². The summed E-state index contributed by atoms with van der Waals surface area (Å²) in [6, 6.07) is 12.5. The van der Waals surface area contributed by atoms with Gasteiger partial charge in [0.25, 0.3) is 0 Å². The van der Waals surface area contributed by atoms with Crippen LogP contribution in [0.5, 0.6) is 5.75 Å². The molecule has 2 aromatic rings. The topological polar surface area (TPSA) is 46.5 Å². The summed E-state index contributed by atoms with van der Waals surface area (Å²) >= 11 is 9.29. The zero-order chi connectivity index (χ0) is 13.8. The maximum atomic E-state index is 10.9. The molecule has 2 rings (SSSR count). The molecule has 3 nitrogen and oxygen atoms in total. The second kappa shape index (κ2) is 6.08. The largest absolute Gasteiger partial charge is 0.486 e. The van der Waals surface area contributed by atoms with Gasteiger partial charge < -0.3 is 9.84 Å². The first-order valence-corrected chi connectivity index (χ1v) is 6.64. The van der Waals surface area contributed by atoms with Gasteiger partial charge in [0.1, 0.15) is 6.61 Å². The van der Waals surface area contributed by atoms with Crippen molar-refractivity contribution in [2.75, 3.05) is 0 Å². The first-order valence-electron chi connectivity index (χ1n) is 5.47. The number of carbonyl (C=O) groups is 1. The molecule has 0 saturated carbocycles. The lowest BCUT2D eigenvalue weighted by molar-refractivity contribution is 0.0696. The van der Waals surface area contributed by atoms with Gasteiger partial charge in [0, 0.05) is 0 Å². The Labute approximate surface area is 123 Å². The third kappa shape index (κ3) is 3.49. The third-order valence-corrected chi connectivity index (χ3v) is 3.34. The van der Waals surface area contributed by atoms with Gasteiger partial charge in [0.2, 0.25) is 0 Å². The summed E-state index contributed by atoms with van der Waals surface area (Å²) in [5.41, 5.74) is 1.12. The zero-order valence-corrected chi connectivity index (χ0v) is 12.1. The molecule has 0 heterocycles. The highest BCUT2D eigenvalue weighted by Crippen LogP contribution is 2.35. The minimum Gasteiger partial charge on any atom is -0.486 e. The Bertz CT molecular complexity index is 576. The van der Waals surface area contributed by atoms with Crippen molar-refractivity contribution in [1.29, 1.82) is 0 Å². The second-order valence-electron chi connectivity index (χ2n) is 3.85. The molecule has 0 amide bonds. The van der Waals surface area contributed by atoms with Gasteiger partial charge in [-0.2, -0.15) is 0 Å². The van der Waals surface area contributed by atoms with Gasteiger partial charge >= 0.3 is 5.97 Å². The maximum Gasteiger partial charge on any atom is 0.335 e. The van der Waals surface area contributed by atoms with Crippen molar-refractivity contribution >= 4 is 33.5 Å². The van der Waals surface area contributed by atoms with Crippen molar-refractivity contribution in [1.82, 2.24) is 0 Å². The van der Waals surface area contributed by atoms with Gasteiger partial charge in [-0.05, 0) is 33.6 Å². The number of hydrogen-bond acceptors (Lipinski definition) is 2. The number of carboxylic acid groups (broad SMARTS) is 1. The molecule has 0 atom stereocenters. The smallest absolute Gasteiger partial charge is 0.335 e. The average Bonchev–Trinajstić information content (AvgIpc) is 2.38. The van der Waals surface area contributed by atoms with E-state index in [2.05, 4.69) is 15.9 Å². The summed E-state index contributed by atoms with van der Waals surface area (Å²) in [5, 5.41) is 9.18. The predicted molar refractivity (Wildman–Crippen MR) is 76.9 cm³/mol. The number of ether oxygens (including phenoxy) is 1. The summed E-state index contributed by atoms with van der Waals surface area (Å²) in [6.07, 6.45) is 0. The van der Waals surface area contributed by atoms with E-state index < -0.39 is 5.97 Å². The van der Waals surface area contributed by atoms with Crippen LogP contribution in [0.2, 0.25) is 5.02 Å². The van der Waals surface area contributed by atoms with E-state index in [1.807, 2.05) is 30.3 Å². The lowest BCUT2D eigenvalue weighted by Gasteiger charge is -2.11. The van der Waals surface area contributed by atoms with E-state index in [1.54, 1.807) is 0 Å². The molecular formula is C14H10BrClO3. The molecule has 0 bridgehead atoms. The zero-order valence-electron chi connectivity index (χ0n) is 9.77. The molecule has 0 fully saturated rings. The Morgan fingerprint density at radius 1 is 1.26 bits per heavy atom. The number of benzene rings is 2. The minimum absolute atomic E-state index is 0.115. The predicted octanol–water partition coefficient (Wildman–Crippen LogP) is 4.38. The van der Waals surface area contributed by atoms with Crippen molar-refractivity contribution < 1.29 is 14.6 Å². The van der Waals surface area contributed by atoms with Crippen molar-refractivity contribution in [2.24, 2.45) is 0 Å². The fourth-order valence-corrected chi connectivity index (χ4v) is 2.51. The molecule has 0 aliphatic rings. The first-order chi connectivity index (χ1) is 9.08. The number of aromatic carboxylic acids is 1. The van der Waals surface area contributed by atoms with Crippen molar-refractivity contribution in [3.63, 3.8) is 0 Å². The van der Waals surface area contributed by atoms with Crippen LogP contribution in [0.3, 0.4) is 0 Å². The van der Waals surface area contributed by atoms with Gasteiger partial charge in [-0.3, -0.25) is 0 Å². The highest BCUT2D eigenvalue weighted by molar-refractivity contribution is 9.10. The van der Waals surface area contributed by atoms with Crippen LogP contribution < -0.4 is 4.74 Å². The van der Waals surface area contributed by atoms with Crippen LogP contribution in [0, 0.1) is 0 Å². The van der Waals surface area contributed by atoms with E-state index in [0.717, 1.165) is 5.56 Å². The molecule has 0 aliphatic heterocycles. The summed E-state index contributed by atoms with van der Waals surface area (Å²) in [6.45, 7) is 0.367. The minimum atomic E-state index is -1.03. The van der Waals surface area contributed by atoms with Gasteiger partial charge in [0.15, 0.2) is 5.75 Å². The molecule has 0 radical (unpaired) electrons. The molecule has 0 spiro atoms. The van der Waals surface area contributed by atoms with Crippen LogP contribution in [0.15, 0.2) is 46.9 Å². The van der Waals surface area contributed by atoms with Crippen LogP contribution >= 0.6 is 27.5 Å². The Balaban J connectivity index is 2.19. The Morgan fingerprint density at radius 2 is 1.95 bits per heavy atom. The van der Waals surface area contributed by atoms with E-state index in [1.165, 1.54) is 12.1 Å². The van der Waals surface area contributed by atoms with Crippen LogP contribution in [-0.2, 0) is 6.61 Å². The normalized spacial score (nSPS) is 10.2. The number of rotatable bonds is 4. The molecule has 0 aliphatic carbocycles. The van der Waals surface area contributed by atoms with Gasteiger partial charge in [-0.25, -0.2) is 4.79 Å². The highest BCUT2D eigenvalue weighted by atomic mass is 79.9. The van der Waals surface area contributed by atoms with Crippen LogP contribution in [0.4, 0.5) is 0 Å². The fourth-order valence-electron chi connectivity index (χ4n) is 1.55. The third-order valence-electron chi connectivity index (χ3n) is 2.47. The lowest BCUT2D eigenvalue weighted by atomic mass is 10.2. The fraction of sp³-hybridized carbons (Fsp3) is 0.0714. The van der Waals surface area contributed by atoms with E-state index in [-0.39, 0.29) is 10.6 Å². The lowest BCUT2D eigenvalue weighted by Crippen LogP contribution is -2.00. The number of halogens is 2. The number of carboxylic acids is 1. The van der Waals surface area contributed by atoms with Gasteiger partial charge in [-0.1, -0.05) is 41.9 Å². The Morgan fingerprint density at radius 3 is 2.53 bits per heavy atom. The van der Waals surface area contributed by atoms with Crippen LogP contribution in [-0.4, -0.2) is 11.1 Å². The average molecular weight is 342 g/mol. The standard InChI is InChI=1S/C14H10BrClO3/c15-11-6-10(14(17)18)7-12(16)13(11)19-8-9-4-2-1-3-5-9/h1-7H,8H2,(H,17,18). The monoisotopic (exact) mass is 340 g/mol. The molecular weight excluding hydrogens is 332 g/mol. The Kier molecular flexibility index (Phi) is 4.45. The van der Waals surface area contributed by atoms with Gasteiger partial charge in [-0.15, -0.1) is 0 Å². The molecule has 5 heteroatoms. The molecule has 0 unspecified atom stereocenters. The number of hydrogen-bond donors (Lipinski definition) is 1. The molecule has 19 heavy (non-hydrogen) atoms. The van der Waals surface area contributed by atoms with E-state index >= 15 is 0 Å². The van der Waals surface area contributed by atoms with Crippen molar-refractivity contribution in [3.05, 3.63) is 63.1 Å². The second-order valence-corrected chi connectivity index (χ2v) is 5.11. The van der Waals surface area contributed by atoms with E-state index in [4.69, 9.17) is 21.4 Å². The summed E-state index contributed by atoms with van der Waals surface area (Å²) in [7, 11) is 0. The first kappa shape index (κ1) is 13.9. The van der Waals surface area contributed by atoms with Crippen molar-refractivity contribution in [3.8, 4) is 5.75 Å². The highest BCUT2D eigenvalue weighted by Gasteiger charge is 2.13. The molecule has 0 saturated heterocycles. The van der Waals surface area contributed by atoms with Gasteiger partial charge in [0.05, 0.1) is 15.1 Å². The summed E-state index contributed by atoms with van der Waals surface area (Å²) in [5.74, 6) is -0.590. The molecule has 98 valence electrons. The molecule has 0 aromatic heterocycles.